The number of nitrogens with one attached hydrogen (secondary N) is 1. The van der Waals surface area contributed by atoms with Gasteiger partial charge in [-0.1, -0.05) is 104 Å². The van der Waals surface area contributed by atoms with Gasteiger partial charge in [-0.15, -0.1) is 0 Å². The molecule has 0 amide bonds. The molecular formula is C23H47NO2. The van der Waals surface area contributed by atoms with Crippen LogP contribution in [0.25, 0.3) is 0 Å². The molecule has 0 radical (unpaired) electrons. The quantitative estimate of drug-likeness (QED) is 0.179. The summed E-state index contributed by atoms with van der Waals surface area (Å²) in [6.45, 7) is 6.90. The van der Waals surface area contributed by atoms with E-state index in [1.807, 2.05) is 0 Å². The zero-order valence-corrected chi connectivity index (χ0v) is 18.0. The van der Waals surface area contributed by atoms with Gasteiger partial charge in [0.2, 0.25) is 0 Å². The fourth-order valence-electron chi connectivity index (χ4n) is 3.19. The Labute approximate surface area is 164 Å². The fraction of sp³-hybridized carbons (Fsp3) is 0.957. The second kappa shape index (κ2) is 22.5. The minimum absolute atomic E-state index is 0.0450. The molecule has 0 heterocycles. The molecule has 0 bridgehead atoms. The van der Waals surface area contributed by atoms with Gasteiger partial charge in [-0.05, 0) is 19.4 Å². The van der Waals surface area contributed by atoms with Crippen LogP contribution in [0.4, 0.5) is 0 Å². The first kappa shape index (κ1) is 25.4. The second-order valence-electron chi connectivity index (χ2n) is 7.67. The maximum atomic E-state index is 11.6. The Bertz CT molecular complexity index is 281. The highest BCUT2D eigenvalue weighted by Crippen LogP contribution is 2.10. The molecule has 0 atom stereocenters. The molecule has 0 unspecified atom stereocenters. The summed E-state index contributed by atoms with van der Waals surface area (Å²) in [5.74, 6) is -0.0450. The first-order valence-corrected chi connectivity index (χ1v) is 11.7. The highest BCUT2D eigenvalue weighted by Gasteiger charge is 2.02. The van der Waals surface area contributed by atoms with Gasteiger partial charge >= 0.3 is 5.97 Å². The number of esters is 1. The van der Waals surface area contributed by atoms with E-state index >= 15 is 0 Å². The normalized spacial score (nSPS) is 11.0. The Morgan fingerprint density at radius 3 is 1.62 bits per heavy atom. The molecule has 0 aromatic carbocycles. The van der Waals surface area contributed by atoms with Crippen LogP contribution in [0.1, 0.15) is 123 Å². The molecule has 0 saturated carbocycles. The molecular weight excluding hydrogens is 322 g/mol. The topological polar surface area (TPSA) is 38.3 Å². The maximum absolute atomic E-state index is 11.6. The van der Waals surface area contributed by atoms with Gasteiger partial charge in [0.15, 0.2) is 0 Å². The van der Waals surface area contributed by atoms with E-state index in [0.29, 0.717) is 13.0 Å². The van der Waals surface area contributed by atoms with Crippen LogP contribution in [0.15, 0.2) is 0 Å². The molecule has 0 aliphatic carbocycles. The van der Waals surface area contributed by atoms with Crippen LogP contribution < -0.4 is 5.32 Å². The number of carbonyl (C=O) groups excluding carboxylic acids is 1. The van der Waals surface area contributed by atoms with Crippen LogP contribution in [-0.2, 0) is 9.53 Å². The number of carbonyl (C=O) groups is 1. The van der Waals surface area contributed by atoms with Gasteiger partial charge < -0.3 is 10.1 Å². The molecule has 0 aromatic rings. The third-order valence-corrected chi connectivity index (χ3v) is 4.97. The van der Waals surface area contributed by atoms with E-state index in [1.165, 1.54) is 96.3 Å². The van der Waals surface area contributed by atoms with Crippen molar-refractivity contribution in [3.8, 4) is 0 Å². The fourth-order valence-corrected chi connectivity index (χ4v) is 3.19. The molecule has 1 N–H and O–H groups in total. The molecule has 0 rings (SSSR count). The van der Waals surface area contributed by atoms with Crippen LogP contribution in [0.2, 0.25) is 0 Å². The van der Waals surface area contributed by atoms with Crippen molar-refractivity contribution in [2.75, 3.05) is 19.7 Å². The number of rotatable bonds is 21. The molecule has 3 nitrogen and oxygen atoms in total. The van der Waals surface area contributed by atoms with Crippen molar-refractivity contribution in [2.24, 2.45) is 0 Å². The second-order valence-corrected chi connectivity index (χ2v) is 7.67. The van der Waals surface area contributed by atoms with E-state index in [1.54, 1.807) is 0 Å². The van der Waals surface area contributed by atoms with E-state index in [9.17, 15) is 4.79 Å². The van der Waals surface area contributed by atoms with Crippen molar-refractivity contribution in [3.05, 3.63) is 0 Å². The third-order valence-electron chi connectivity index (χ3n) is 4.97. The van der Waals surface area contributed by atoms with E-state index < -0.39 is 0 Å². The van der Waals surface area contributed by atoms with Gasteiger partial charge in [-0.25, -0.2) is 0 Å². The van der Waals surface area contributed by atoms with Crippen LogP contribution in [-0.4, -0.2) is 25.7 Å². The monoisotopic (exact) mass is 369 g/mol. The largest absolute Gasteiger partial charge is 0.466 e. The van der Waals surface area contributed by atoms with E-state index in [0.717, 1.165) is 19.5 Å². The number of hydrogen-bond acceptors (Lipinski definition) is 3. The molecule has 0 spiro atoms. The van der Waals surface area contributed by atoms with E-state index in [4.69, 9.17) is 4.74 Å². The molecule has 0 fully saturated rings. The summed E-state index contributed by atoms with van der Waals surface area (Å²) in [7, 11) is 0. The van der Waals surface area contributed by atoms with Crippen molar-refractivity contribution in [1.29, 1.82) is 0 Å². The highest BCUT2D eigenvalue weighted by atomic mass is 16.5. The van der Waals surface area contributed by atoms with Gasteiger partial charge in [0.05, 0.1) is 13.0 Å². The Morgan fingerprint density at radius 1 is 0.615 bits per heavy atom. The minimum Gasteiger partial charge on any atom is -0.466 e. The van der Waals surface area contributed by atoms with Crippen molar-refractivity contribution in [1.82, 2.24) is 5.32 Å². The van der Waals surface area contributed by atoms with Crippen molar-refractivity contribution < 1.29 is 9.53 Å². The zero-order chi connectivity index (χ0) is 19.1. The average Bonchev–Trinajstić information content (AvgIpc) is 2.64. The number of hydrogen-bond donors (Lipinski definition) is 1. The Hall–Kier alpha value is -0.570. The minimum atomic E-state index is -0.0450. The smallest absolute Gasteiger partial charge is 0.307 e. The van der Waals surface area contributed by atoms with E-state index in [-0.39, 0.29) is 5.97 Å². The summed E-state index contributed by atoms with van der Waals surface area (Å²) >= 11 is 0. The summed E-state index contributed by atoms with van der Waals surface area (Å²) in [6, 6.07) is 0. The maximum Gasteiger partial charge on any atom is 0.307 e. The highest BCUT2D eigenvalue weighted by molar-refractivity contribution is 5.69. The lowest BCUT2D eigenvalue weighted by Gasteiger charge is -2.06. The Kier molecular flexibility index (Phi) is 22.0. The SMILES string of the molecule is CCCCCCCCCCCCOC(=O)CCNCCCCCCCC. The molecule has 156 valence electrons. The summed E-state index contributed by atoms with van der Waals surface area (Å²) in [5.41, 5.74) is 0. The molecule has 3 heteroatoms. The van der Waals surface area contributed by atoms with Gasteiger partial charge in [0.1, 0.15) is 0 Å². The standard InChI is InChI=1S/C23H47NO2/c1-3-5-7-9-11-12-13-14-16-18-22-26-23(25)19-21-24-20-17-15-10-8-6-4-2/h24H,3-22H2,1-2H3. The summed E-state index contributed by atoms with van der Waals surface area (Å²) < 4.78 is 5.31. The van der Waals surface area contributed by atoms with Crippen LogP contribution in [0.3, 0.4) is 0 Å². The van der Waals surface area contributed by atoms with Crippen LogP contribution in [0.5, 0.6) is 0 Å². The molecule has 0 aliphatic heterocycles. The lowest BCUT2D eigenvalue weighted by molar-refractivity contribution is -0.143. The van der Waals surface area contributed by atoms with Crippen molar-refractivity contribution >= 4 is 5.97 Å². The predicted octanol–water partition coefficient (Wildman–Crippen LogP) is 6.79. The van der Waals surface area contributed by atoms with Gasteiger partial charge in [0.25, 0.3) is 0 Å². The summed E-state index contributed by atoms with van der Waals surface area (Å²) in [5, 5.41) is 3.35. The molecule has 26 heavy (non-hydrogen) atoms. The van der Waals surface area contributed by atoms with Gasteiger partial charge in [-0.3, -0.25) is 4.79 Å². The van der Waals surface area contributed by atoms with Crippen LogP contribution >= 0.6 is 0 Å². The summed E-state index contributed by atoms with van der Waals surface area (Å²) in [4.78, 5) is 11.6. The van der Waals surface area contributed by atoms with E-state index in [2.05, 4.69) is 19.2 Å². The van der Waals surface area contributed by atoms with Crippen molar-refractivity contribution in [3.63, 3.8) is 0 Å². The first-order chi connectivity index (χ1) is 12.8. The lowest BCUT2D eigenvalue weighted by atomic mass is 10.1. The summed E-state index contributed by atoms with van der Waals surface area (Å²) in [6.07, 6.45) is 21.5. The number of ether oxygens (including phenoxy) is 1. The third kappa shape index (κ3) is 21.5. The molecule has 0 aromatic heterocycles. The van der Waals surface area contributed by atoms with Crippen molar-refractivity contribution in [2.45, 2.75) is 123 Å². The first-order valence-electron chi connectivity index (χ1n) is 11.7. The Morgan fingerprint density at radius 2 is 1.08 bits per heavy atom. The molecule has 0 saturated heterocycles. The Balaban J connectivity index is 3.13. The zero-order valence-electron chi connectivity index (χ0n) is 18.0. The predicted molar refractivity (Wildman–Crippen MR) is 114 cm³/mol. The lowest BCUT2D eigenvalue weighted by Crippen LogP contribution is -2.20. The van der Waals surface area contributed by atoms with Gasteiger partial charge in [0, 0.05) is 6.54 Å². The van der Waals surface area contributed by atoms with Gasteiger partial charge in [-0.2, -0.15) is 0 Å². The molecule has 0 aliphatic rings. The van der Waals surface area contributed by atoms with Crippen LogP contribution in [0, 0.1) is 0 Å². The average molecular weight is 370 g/mol. The number of unbranched alkanes of at least 4 members (excludes halogenated alkanes) is 14.